The second-order valence-electron chi connectivity index (χ2n) is 5.86. The molecule has 0 spiro atoms. The Hall–Kier alpha value is -2.26. The molecule has 128 valence electrons. The van der Waals surface area contributed by atoms with Gasteiger partial charge in [0, 0.05) is 16.5 Å². The molecule has 3 aromatic carbocycles. The predicted octanol–water partition coefficient (Wildman–Crippen LogP) is 6.77. The number of fused-ring (bicyclic) bond motifs is 1. The van der Waals surface area contributed by atoms with Crippen molar-refractivity contribution >= 4 is 45.6 Å². The van der Waals surface area contributed by atoms with Gasteiger partial charge in [-0.3, -0.25) is 0 Å². The first-order valence-corrected chi connectivity index (χ1v) is 9.05. The van der Waals surface area contributed by atoms with Crippen LogP contribution in [0.2, 0.25) is 15.1 Å². The summed E-state index contributed by atoms with van der Waals surface area (Å²) < 4.78 is 0.807. The molecule has 1 heterocycles. The monoisotopic (exact) mass is 399 g/mol. The predicted molar refractivity (Wildman–Crippen MR) is 109 cm³/mol. The Labute approximate surface area is 165 Å². The molecule has 0 saturated heterocycles. The van der Waals surface area contributed by atoms with Crippen molar-refractivity contribution in [1.29, 1.82) is 0 Å². The lowest BCUT2D eigenvalue weighted by molar-refractivity contribution is -0.592. The second-order valence-corrected chi connectivity index (χ2v) is 7.11. The van der Waals surface area contributed by atoms with Crippen LogP contribution in [0.4, 0.5) is 0 Å². The maximum atomic E-state index is 12.6. The summed E-state index contributed by atoms with van der Waals surface area (Å²) in [6.45, 7) is 0. The fraction of sp³-hybridized carbons (Fsp3) is 0. The van der Waals surface area contributed by atoms with E-state index in [-0.39, 0.29) is 0 Å². The van der Waals surface area contributed by atoms with Gasteiger partial charge < -0.3 is 5.21 Å². The van der Waals surface area contributed by atoms with Crippen molar-refractivity contribution < 1.29 is 4.73 Å². The van der Waals surface area contributed by atoms with E-state index in [0.29, 0.717) is 26.3 Å². The number of pyridine rings is 1. The number of nitrogens with zero attached hydrogens (tertiary/aromatic N) is 1. The van der Waals surface area contributed by atoms with Crippen molar-refractivity contribution in [1.82, 2.24) is 0 Å². The van der Waals surface area contributed by atoms with Crippen LogP contribution in [0.15, 0.2) is 72.9 Å². The first-order valence-electron chi connectivity index (χ1n) is 7.91. The Morgan fingerprint density at radius 1 is 0.692 bits per heavy atom. The maximum Gasteiger partial charge on any atom is 0.234 e. The van der Waals surface area contributed by atoms with E-state index < -0.39 is 0 Å². The van der Waals surface area contributed by atoms with Gasteiger partial charge in [0.25, 0.3) is 0 Å². The molecule has 1 aromatic heterocycles. The maximum absolute atomic E-state index is 12.6. The van der Waals surface area contributed by atoms with Crippen LogP contribution in [-0.2, 0) is 0 Å². The summed E-state index contributed by atoms with van der Waals surface area (Å²) in [5, 5.41) is 15.9. The Morgan fingerprint density at radius 2 is 1.35 bits per heavy atom. The fourth-order valence-corrected chi connectivity index (χ4v) is 3.84. The van der Waals surface area contributed by atoms with Crippen molar-refractivity contribution in [3.8, 4) is 22.4 Å². The zero-order chi connectivity index (χ0) is 18.3. The zero-order valence-electron chi connectivity index (χ0n) is 13.4. The molecular weight excluding hydrogens is 389 g/mol. The molecule has 2 nitrogen and oxygen atoms in total. The van der Waals surface area contributed by atoms with Crippen LogP contribution >= 0.6 is 34.8 Å². The summed E-state index contributed by atoms with van der Waals surface area (Å²) in [6, 6.07) is 20.5. The number of halogens is 3. The zero-order valence-corrected chi connectivity index (χ0v) is 15.7. The van der Waals surface area contributed by atoms with Crippen LogP contribution in [0.25, 0.3) is 33.2 Å². The summed E-state index contributed by atoms with van der Waals surface area (Å²) in [5.41, 5.74) is 2.99. The van der Waals surface area contributed by atoms with Crippen molar-refractivity contribution in [3.05, 3.63) is 93.2 Å². The van der Waals surface area contributed by atoms with E-state index in [2.05, 4.69) is 0 Å². The molecule has 0 atom stereocenters. The number of rotatable bonds is 2. The summed E-state index contributed by atoms with van der Waals surface area (Å²) in [6.07, 6.45) is 1.48. The van der Waals surface area contributed by atoms with Gasteiger partial charge >= 0.3 is 0 Å². The highest BCUT2D eigenvalue weighted by atomic mass is 35.5. The molecule has 0 saturated carbocycles. The van der Waals surface area contributed by atoms with Gasteiger partial charge in [-0.15, -0.1) is 0 Å². The fourth-order valence-electron chi connectivity index (χ4n) is 3.14. The number of hydrogen-bond acceptors (Lipinski definition) is 1. The van der Waals surface area contributed by atoms with E-state index in [0.717, 1.165) is 26.6 Å². The van der Waals surface area contributed by atoms with Crippen LogP contribution < -0.4 is 4.73 Å². The van der Waals surface area contributed by atoms with Crippen molar-refractivity contribution in [3.63, 3.8) is 0 Å². The molecule has 0 amide bonds. The Kier molecular flexibility index (Phi) is 4.49. The third-order valence-electron chi connectivity index (χ3n) is 4.31. The van der Waals surface area contributed by atoms with Gasteiger partial charge in [-0.1, -0.05) is 65.1 Å². The van der Waals surface area contributed by atoms with E-state index >= 15 is 0 Å². The van der Waals surface area contributed by atoms with Crippen LogP contribution in [0, 0.1) is 5.21 Å². The van der Waals surface area contributed by atoms with Gasteiger partial charge in [-0.05, 0) is 41.5 Å². The van der Waals surface area contributed by atoms with Crippen molar-refractivity contribution in [2.45, 2.75) is 0 Å². The average Bonchev–Trinajstić information content (AvgIpc) is 2.63. The molecule has 4 aromatic rings. The minimum atomic E-state index is 0.437. The molecule has 0 aliphatic carbocycles. The molecule has 0 aliphatic heterocycles. The van der Waals surface area contributed by atoms with Crippen molar-refractivity contribution in [2.75, 3.05) is 0 Å². The van der Waals surface area contributed by atoms with Gasteiger partial charge in [0.15, 0.2) is 6.20 Å². The second kappa shape index (κ2) is 6.81. The number of hydrogen-bond donors (Lipinski definition) is 0. The lowest BCUT2D eigenvalue weighted by Crippen LogP contribution is -2.28. The topological polar surface area (TPSA) is 26.9 Å². The quantitative estimate of drug-likeness (QED) is 0.269. The summed E-state index contributed by atoms with van der Waals surface area (Å²) in [5.74, 6) is 0. The normalized spacial score (nSPS) is 11.0. The largest absolute Gasteiger partial charge is 0.618 e. The molecule has 0 fully saturated rings. The van der Waals surface area contributed by atoms with Gasteiger partial charge in [-0.25, -0.2) is 0 Å². The molecule has 0 N–H and O–H groups in total. The van der Waals surface area contributed by atoms with E-state index in [1.54, 1.807) is 24.3 Å². The van der Waals surface area contributed by atoms with Crippen molar-refractivity contribution in [2.24, 2.45) is 0 Å². The Morgan fingerprint density at radius 3 is 2.04 bits per heavy atom. The Balaban J connectivity index is 2.06. The smallest absolute Gasteiger partial charge is 0.234 e. The molecule has 5 heteroatoms. The lowest BCUT2D eigenvalue weighted by atomic mass is 9.96. The number of benzene rings is 3. The van der Waals surface area contributed by atoms with E-state index in [1.165, 1.54) is 6.20 Å². The number of aromatic nitrogens is 1. The van der Waals surface area contributed by atoms with Crippen LogP contribution in [-0.4, -0.2) is 0 Å². The van der Waals surface area contributed by atoms with Crippen LogP contribution in [0.3, 0.4) is 0 Å². The van der Waals surface area contributed by atoms with Gasteiger partial charge in [0.1, 0.15) is 0 Å². The standard InChI is InChI=1S/C21H12Cl3NO/c22-14-9-7-13(8-10-14)15-3-1-4-17-16(15)11-12-25(26)21(17)20-18(23)5-2-6-19(20)24/h1-12H. The van der Waals surface area contributed by atoms with Gasteiger partial charge in [-0.2, -0.15) is 4.73 Å². The molecule has 0 radical (unpaired) electrons. The Bertz CT molecular complexity index is 1100. The molecule has 0 unspecified atom stereocenters. The summed E-state index contributed by atoms with van der Waals surface area (Å²) in [7, 11) is 0. The minimum Gasteiger partial charge on any atom is -0.618 e. The van der Waals surface area contributed by atoms with Gasteiger partial charge in [0.05, 0.1) is 21.0 Å². The highest BCUT2D eigenvalue weighted by Gasteiger charge is 2.21. The van der Waals surface area contributed by atoms with E-state index in [4.69, 9.17) is 34.8 Å². The van der Waals surface area contributed by atoms with E-state index in [1.807, 2.05) is 42.5 Å². The lowest BCUT2D eigenvalue weighted by Gasteiger charge is -2.13. The molecular formula is C21H12Cl3NO. The third-order valence-corrected chi connectivity index (χ3v) is 5.19. The van der Waals surface area contributed by atoms with Gasteiger partial charge in [0.2, 0.25) is 5.69 Å². The molecule has 0 aliphatic rings. The van der Waals surface area contributed by atoms with Crippen LogP contribution in [0.1, 0.15) is 0 Å². The minimum absolute atomic E-state index is 0.437. The SMILES string of the molecule is [O-][n+]1ccc2c(-c3ccc(Cl)cc3)cccc2c1-c1c(Cl)cccc1Cl. The molecule has 4 rings (SSSR count). The molecule has 26 heavy (non-hydrogen) atoms. The third kappa shape index (κ3) is 2.90. The van der Waals surface area contributed by atoms with E-state index in [9.17, 15) is 5.21 Å². The highest BCUT2D eigenvalue weighted by molar-refractivity contribution is 6.39. The van der Waals surface area contributed by atoms with Crippen LogP contribution in [0.5, 0.6) is 0 Å². The summed E-state index contributed by atoms with van der Waals surface area (Å²) in [4.78, 5) is 0. The first kappa shape index (κ1) is 17.2. The highest BCUT2D eigenvalue weighted by Crippen LogP contribution is 2.38. The summed E-state index contributed by atoms with van der Waals surface area (Å²) >= 11 is 18.7. The molecule has 0 bridgehead atoms. The first-order chi connectivity index (χ1) is 12.6. The average molecular weight is 401 g/mol.